The van der Waals surface area contributed by atoms with Crippen molar-refractivity contribution < 1.29 is 9.18 Å². The molecule has 1 amide bonds. The van der Waals surface area contributed by atoms with E-state index in [9.17, 15) is 9.18 Å². The van der Waals surface area contributed by atoms with Gasteiger partial charge in [-0.25, -0.2) is 4.39 Å². The van der Waals surface area contributed by atoms with Gasteiger partial charge < -0.3 is 5.32 Å². The molecule has 0 saturated carbocycles. The third-order valence-corrected chi connectivity index (χ3v) is 6.17. The minimum Gasteiger partial charge on any atom is -0.347 e. The summed E-state index contributed by atoms with van der Waals surface area (Å²) in [7, 11) is 0. The first-order valence-corrected chi connectivity index (χ1v) is 11.4. The maximum atomic E-state index is 14.2. The number of halogens is 1. The molecule has 0 aliphatic carbocycles. The van der Waals surface area contributed by atoms with E-state index in [0.29, 0.717) is 19.4 Å². The Morgan fingerprint density at radius 2 is 1.84 bits per heavy atom. The van der Waals surface area contributed by atoms with Gasteiger partial charge in [-0.1, -0.05) is 54.6 Å². The van der Waals surface area contributed by atoms with Gasteiger partial charge in [0.05, 0.1) is 11.7 Å². The number of pyridine rings is 1. The molecule has 2 heterocycles. The molecule has 1 N–H and O–H groups in total. The van der Waals surface area contributed by atoms with Crippen LogP contribution in [0.1, 0.15) is 42.1 Å². The summed E-state index contributed by atoms with van der Waals surface area (Å²) in [6.45, 7) is 2.32. The van der Waals surface area contributed by atoms with Crippen molar-refractivity contribution in [1.29, 1.82) is 0 Å². The number of rotatable bonds is 8. The van der Waals surface area contributed by atoms with Crippen LogP contribution in [0.25, 0.3) is 0 Å². The lowest BCUT2D eigenvalue weighted by Crippen LogP contribution is -2.43. The molecule has 1 aliphatic rings. The molecule has 5 heteroatoms. The van der Waals surface area contributed by atoms with Crippen molar-refractivity contribution in [3.8, 4) is 0 Å². The summed E-state index contributed by atoms with van der Waals surface area (Å²) in [5, 5.41) is 3.27. The minimum atomic E-state index is -0.162. The largest absolute Gasteiger partial charge is 0.347 e. The zero-order valence-corrected chi connectivity index (χ0v) is 18.3. The number of hydrogen-bond donors (Lipinski definition) is 1. The lowest BCUT2D eigenvalue weighted by atomic mass is 9.88. The predicted octanol–water partition coefficient (Wildman–Crippen LogP) is 4.92. The molecule has 2 unspecified atom stereocenters. The Bertz CT molecular complexity index is 996. The molecule has 1 aliphatic heterocycles. The maximum Gasteiger partial charge on any atom is 0.220 e. The van der Waals surface area contributed by atoms with Crippen LogP contribution in [0.2, 0.25) is 0 Å². The van der Waals surface area contributed by atoms with Crippen LogP contribution in [0.5, 0.6) is 0 Å². The molecule has 1 saturated heterocycles. The zero-order chi connectivity index (χ0) is 22.2. The van der Waals surface area contributed by atoms with Gasteiger partial charge in [-0.05, 0) is 55.5 Å². The van der Waals surface area contributed by atoms with Gasteiger partial charge in [0, 0.05) is 31.3 Å². The number of likely N-dealkylation sites (tertiary alicyclic amines) is 1. The van der Waals surface area contributed by atoms with Crippen LogP contribution in [-0.2, 0) is 17.8 Å². The van der Waals surface area contributed by atoms with Crippen LogP contribution >= 0.6 is 0 Å². The molecule has 3 aromatic rings. The van der Waals surface area contributed by atoms with E-state index in [-0.39, 0.29) is 23.7 Å². The van der Waals surface area contributed by atoms with E-state index < -0.39 is 0 Å². The van der Waals surface area contributed by atoms with Gasteiger partial charge in [-0.2, -0.15) is 0 Å². The van der Waals surface area contributed by atoms with Gasteiger partial charge in [0.1, 0.15) is 5.82 Å². The van der Waals surface area contributed by atoms with Gasteiger partial charge >= 0.3 is 0 Å². The molecule has 2 atom stereocenters. The highest BCUT2D eigenvalue weighted by atomic mass is 19.1. The Balaban J connectivity index is 1.44. The topological polar surface area (TPSA) is 45.2 Å². The molecule has 0 spiro atoms. The standard InChI is InChI=1S/C27H30FN3O/c28-24-13-5-4-11-22(24)19-31-18-8-12-23(20-31)27(25-14-6-7-17-29-25)30-26(32)16-15-21-9-2-1-3-10-21/h1-7,9-11,13-14,17,23,27H,8,12,15-16,18-20H2,(H,30,32). The molecule has 1 aromatic heterocycles. The Morgan fingerprint density at radius 3 is 2.62 bits per heavy atom. The fraction of sp³-hybridized carbons (Fsp3) is 0.333. The number of carbonyl (C=O) groups excluding carboxylic acids is 1. The summed E-state index contributed by atoms with van der Waals surface area (Å²) in [5.74, 6) is 0.104. The van der Waals surface area contributed by atoms with Gasteiger partial charge in [-0.3, -0.25) is 14.7 Å². The molecular weight excluding hydrogens is 401 g/mol. The van der Waals surface area contributed by atoms with Gasteiger partial charge in [0.25, 0.3) is 0 Å². The van der Waals surface area contributed by atoms with Gasteiger partial charge in [-0.15, -0.1) is 0 Å². The van der Waals surface area contributed by atoms with Crippen LogP contribution in [0.3, 0.4) is 0 Å². The number of piperidine rings is 1. The average Bonchev–Trinajstić information content (AvgIpc) is 2.84. The summed E-state index contributed by atoms with van der Waals surface area (Å²) in [5.41, 5.74) is 2.76. The fourth-order valence-electron chi connectivity index (χ4n) is 4.52. The third-order valence-electron chi connectivity index (χ3n) is 6.17. The van der Waals surface area contributed by atoms with Crippen LogP contribution in [-0.4, -0.2) is 28.9 Å². The zero-order valence-electron chi connectivity index (χ0n) is 18.3. The number of benzene rings is 2. The van der Waals surface area contributed by atoms with Crippen molar-refractivity contribution in [3.63, 3.8) is 0 Å². The number of hydrogen-bond acceptors (Lipinski definition) is 3. The number of aryl methyl sites for hydroxylation is 1. The quantitative estimate of drug-likeness (QED) is 0.550. The Morgan fingerprint density at radius 1 is 1.06 bits per heavy atom. The van der Waals surface area contributed by atoms with Gasteiger partial charge in [0.2, 0.25) is 5.91 Å². The monoisotopic (exact) mass is 431 g/mol. The van der Waals surface area contributed by atoms with Crippen LogP contribution in [0, 0.1) is 11.7 Å². The lowest BCUT2D eigenvalue weighted by Gasteiger charge is -2.37. The molecule has 2 aromatic carbocycles. The van der Waals surface area contributed by atoms with E-state index in [2.05, 4.69) is 15.2 Å². The second kappa shape index (κ2) is 11.0. The number of nitrogens with one attached hydrogen (secondary N) is 1. The van der Waals surface area contributed by atoms with Crippen molar-refractivity contribution in [2.45, 2.75) is 38.3 Å². The molecular formula is C27H30FN3O. The van der Waals surface area contributed by atoms with E-state index >= 15 is 0 Å². The Labute approximate surface area is 189 Å². The lowest BCUT2D eigenvalue weighted by molar-refractivity contribution is -0.122. The first-order valence-electron chi connectivity index (χ1n) is 11.4. The highest BCUT2D eigenvalue weighted by Gasteiger charge is 2.30. The number of aromatic nitrogens is 1. The van der Waals surface area contributed by atoms with Crippen molar-refractivity contribution in [2.24, 2.45) is 5.92 Å². The van der Waals surface area contributed by atoms with Crippen molar-refractivity contribution in [1.82, 2.24) is 15.2 Å². The van der Waals surface area contributed by atoms with Gasteiger partial charge in [0.15, 0.2) is 0 Å². The van der Waals surface area contributed by atoms with E-state index in [1.807, 2.05) is 60.7 Å². The van der Waals surface area contributed by atoms with Crippen LogP contribution in [0.15, 0.2) is 79.0 Å². The predicted molar refractivity (Wildman–Crippen MR) is 124 cm³/mol. The second-order valence-electron chi connectivity index (χ2n) is 8.51. The SMILES string of the molecule is O=C(CCc1ccccc1)NC(c1ccccn1)C1CCCN(Cc2ccccc2F)C1. The van der Waals surface area contributed by atoms with Crippen molar-refractivity contribution in [3.05, 3.63) is 102 Å². The maximum absolute atomic E-state index is 14.2. The summed E-state index contributed by atoms with van der Waals surface area (Å²) < 4.78 is 14.2. The molecule has 32 heavy (non-hydrogen) atoms. The number of amides is 1. The smallest absolute Gasteiger partial charge is 0.220 e. The molecule has 1 fully saturated rings. The first kappa shape index (κ1) is 22.2. The molecule has 4 nitrogen and oxygen atoms in total. The summed E-state index contributed by atoms with van der Waals surface area (Å²) >= 11 is 0. The average molecular weight is 432 g/mol. The Kier molecular flexibility index (Phi) is 7.62. The first-order chi connectivity index (χ1) is 15.7. The Hall–Kier alpha value is -3.05. The fourth-order valence-corrected chi connectivity index (χ4v) is 4.52. The second-order valence-corrected chi connectivity index (χ2v) is 8.51. The van der Waals surface area contributed by atoms with Crippen LogP contribution < -0.4 is 5.32 Å². The van der Waals surface area contributed by atoms with E-state index in [1.54, 1.807) is 12.3 Å². The molecule has 4 rings (SSSR count). The van der Waals surface area contributed by atoms with Crippen molar-refractivity contribution >= 4 is 5.91 Å². The van der Waals surface area contributed by atoms with E-state index in [0.717, 1.165) is 42.8 Å². The highest BCUT2D eigenvalue weighted by Crippen LogP contribution is 2.30. The molecule has 166 valence electrons. The molecule has 0 bridgehead atoms. The van der Waals surface area contributed by atoms with Crippen LogP contribution in [0.4, 0.5) is 4.39 Å². The summed E-state index contributed by atoms with van der Waals surface area (Å²) in [4.78, 5) is 19.7. The number of nitrogens with zero attached hydrogens (tertiary/aromatic N) is 2. The number of carbonyl (C=O) groups is 1. The van der Waals surface area contributed by atoms with Crippen molar-refractivity contribution in [2.75, 3.05) is 13.1 Å². The highest BCUT2D eigenvalue weighted by molar-refractivity contribution is 5.76. The summed E-state index contributed by atoms with van der Waals surface area (Å²) in [6.07, 6.45) is 4.96. The molecule has 0 radical (unpaired) electrons. The summed E-state index contributed by atoms with van der Waals surface area (Å²) in [6, 6.07) is 22.7. The minimum absolute atomic E-state index is 0.0377. The third kappa shape index (κ3) is 6.01. The van der Waals surface area contributed by atoms with E-state index in [1.165, 1.54) is 6.07 Å². The normalized spacial score (nSPS) is 17.6. The van der Waals surface area contributed by atoms with E-state index in [4.69, 9.17) is 0 Å².